The monoisotopic (exact) mass is 271 g/mol. The van der Waals surface area contributed by atoms with Crippen molar-refractivity contribution in [2.75, 3.05) is 0 Å². The molecule has 2 rings (SSSR count). The van der Waals surface area contributed by atoms with E-state index in [4.69, 9.17) is 0 Å². The molecule has 1 heterocycles. The van der Waals surface area contributed by atoms with Crippen LogP contribution >= 0.6 is 0 Å². The fourth-order valence-electron chi connectivity index (χ4n) is 1.84. The zero-order chi connectivity index (χ0) is 14.4. The van der Waals surface area contributed by atoms with E-state index < -0.39 is 33.9 Å². The predicted octanol–water partition coefficient (Wildman–Crippen LogP) is 1.92. The summed E-state index contributed by atoms with van der Waals surface area (Å²) < 4.78 is 38.8. The van der Waals surface area contributed by atoms with Crippen LogP contribution in [0.15, 0.2) is 27.8 Å². The molecule has 0 radical (unpaired) electrons. The summed E-state index contributed by atoms with van der Waals surface area (Å²) in [5.74, 6) is -1.02. The zero-order valence-corrected chi connectivity index (χ0v) is 9.63. The summed E-state index contributed by atoms with van der Waals surface area (Å²) in [5.41, 5.74) is -3.30. The molecule has 100 valence electrons. The summed E-state index contributed by atoms with van der Waals surface area (Å²) in [6.07, 6.45) is -4.76. The third-order valence-electron chi connectivity index (χ3n) is 2.57. The van der Waals surface area contributed by atoms with Crippen LogP contribution in [-0.2, 0) is 6.18 Å². The summed E-state index contributed by atoms with van der Waals surface area (Å²) in [4.78, 5) is 25.2. The number of aryl methyl sites for hydroxylation is 1. The number of nitrogens with one attached hydrogen (secondary N) is 1. The summed E-state index contributed by atoms with van der Waals surface area (Å²) in [6.45, 7) is 1.41. The van der Waals surface area contributed by atoms with E-state index >= 15 is 0 Å². The van der Waals surface area contributed by atoms with Crippen molar-refractivity contribution in [2.45, 2.75) is 13.1 Å². The molecule has 0 spiro atoms. The van der Waals surface area contributed by atoms with Gasteiger partial charge in [0.1, 0.15) is 0 Å². The normalized spacial score (nSPS) is 11.8. The molecule has 0 bridgehead atoms. The van der Waals surface area contributed by atoms with Crippen molar-refractivity contribution in [3.8, 4) is 5.75 Å². The Morgan fingerprint density at radius 3 is 2.37 bits per heavy atom. The molecule has 0 saturated heterocycles. The Labute approximate surface area is 104 Å². The largest absolute Gasteiger partial charge is 0.504 e. The number of aromatic hydroxyl groups is 1. The fraction of sp³-hybridized carbons (Fsp3) is 0.167. The molecule has 0 saturated carbocycles. The number of rotatable bonds is 0. The molecule has 2 aromatic rings. The SMILES string of the molecule is Cc1cc(C(F)(F)F)c2c(=O)c(O)cc(=O)[nH]c2c1. The number of halogens is 3. The number of benzene rings is 1. The van der Waals surface area contributed by atoms with Gasteiger partial charge in [0.15, 0.2) is 5.75 Å². The minimum Gasteiger partial charge on any atom is -0.504 e. The maximum atomic E-state index is 12.9. The van der Waals surface area contributed by atoms with E-state index in [-0.39, 0.29) is 11.1 Å². The molecule has 7 heteroatoms. The van der Waals surface area contributed by atoms with Gasteiger partial charge < -0.3 is 10.1 Å². The van der Waals surface area contributed by atoms with Gasteiger partial charge in [-0.1, -0.05) is 0 Å². The number of aromatic nitrogens is 1. The second-order valence-electron chi connectivity index (χ2n) is 4.08. The van der Waals surface area contributed by atoms with E-state index in [2.05, 4.69) is 4.98 Å². The first-order valence-electron chi connectivity index (χ1n) is 5.18. The van der Waals surface area contributed by atoms with Gasteiger partial charge in [-0.2, -0.15) is 13.2 Å². The molecule has 0 unspecified atom stereocenters. The van der Waals surface area contributed by atoms with Gasteiger partial charge in [-0.25, -0.2) is 0 Å². The average molecular weight is 271 g/mol. The maximum absolute atomic E-state index is 12.9. The van der Waals surface area contributed by atoms with Gasteiger partial charge in [-0.05, 0) is 24.6 Å². The molecule has 0 amide bonds. The Kier molecular flexibility index (Phi) is 2.84. The molecule has 1 aromatic carbocycles. The molecular weight excluding hydrogens is 263 g/mol. The van der Waals surface area contributed by atoms with Crippen LogP contribution < -0.4 is 11.0 Å². The number of hydrogen-bond acceptors (Lipinski definition) is 3. The molecule has 0 aliphatic carbocycles. The highest BCUT2D eigenvalue weighted by Gasteiger charge is 2.34. The second-order valence-corrected chi connectivity index (χ2v) is 4.08. The first-order chi connectivity index (χ1) is 8.70. The van der Waals surface area contributed by atoms with Crippen LogP contribution in [0, 0.1) is 6.92 Å². The van der Waals surface area contributed by atoms with Gasteiger partial charge in [-0.15, -0.1) is 0 Å². The number of alkyl halides is 3. The van der Waals surface area contributed by atoms with Crippen LogP contribution in [-0.4, -0.2) is 10.1 Å². The summed E-state index contributed by atoms with van der Waals surface area (Å²) >= 11 is 0. The van der Waals surface area contributed by atoms with Gasteiger partial charge in [0.2, 0.25) is 5.43 Å². The second kappa shape index (κ2) is 4.11. The molecule has 1 aromatic heterocycles. The fourth-order valence-corrected chi connectivity index (χ4v) is 1.84. The first-order valence-corrected chi connectivity index (χ1v) is 5.18. The number of hydrogen-bond donors (Lipinski definition) is 2. The topological polar surface area (TPSA) is 70.2 Å². The Morgan fingerprint density at radius 1 is 1.16 bits per heavy atom. The molecule has 19 heavy (non-hydrogen) atoms. The van der Waals surface area contributed by atoms with Crippen molar-refractivity contribution >= 4 is 10.9 Å². The number of aromatic amines is 1. The highest BCUT2D eigenvalue weighted by molar-refractivity contribution is 5.83. The molecular formula is C12H8F3NO3. The lowest BCUT2D eigenvalue weighted by molar-refractivity contribution is -0.136. The van der Waals surface area contributed by atoms with Gasteiger partial charge in [-0.3, -0.25) is 9.59 Å². The zero-order valence-electron chi connectivity index (χ0n) is 9.63. The van der Waals surface area contributed by atoms with Gasteiger partial charge in [0, 0.05) is 6.07 Å². The third kappa shape index (κ3) is 2.31. The van der Waals surface area contributed by atoms with Crippen molar-refractivity contribution in [3.05, 3.63) is 49.9 Å². The lowest BCUT2D eigenvalue weighted by Crippen LogP contribution is -2.11. The lowest BCUT2D eigenvalue weighted by Gasteiger charge is -2.09. The molecule has 0 aliphatic rings. The quantitative estimate of drug-likeness (QED) is 0.769. The predicted molar refractivity (Wildman–Crippen MR) is 62.2 cm³/mol. The Morgan fingerprint density at radius 2 is 1.79 bits per heavy atom. The summed E-state index contributed by atoms with van der Waals surface area (Å²) in [5, 5.41) is 8.57. The minimum atomic E-state index is -4.76. The van der Waals surface area contributed by atoms with Crippen LogP contribution in [0.3, 0.4) is 0 Å². The Balaban J connectivity index is 3.17. The van der Waals surface area contributed by atoms with E-state index in [9.17, 15) is 27.9 Å². The van der Waals surface area contributed by atoms with Crippen molar-refractivity contribution in [1.82, 2.24) is 4.98 Å². The van der Waals surface area contributed by atoms with E-state index in [0.29, 0.717) is 6.07 Å². The van der Waals surface area contributed by atoms with E-state index in [0.717, 1.165) is 6.07 Å². The molecule has 4 nitrogen and oxygen atoms in total. The summed E-state index contributed by atoms with van der Waals surface area (Å²) in [7, 11) is 0. The van der Waals surface area contributed by atoms with Gasteiger partial charge in [0.05, 0.1) is 16.5 Å². The van der Waals surface area contributed by atoms with Gasteiger partial charge in [0.25, 0.3) is 5.56 Å². The van der Waals surface area contributed by atoms with Crippen LogP contribution in [0.25, 0.3) is 10.9 Å². The van der Waals surface area contributed by atoms with E-state index in [1.807, 2.05) is 0 Å². The average Bonchev–Trinajstić information content (AvgIpc) is 2.34. The molecule has 0 fully saturated rings. The van der Waals surface area contributed by atoms with Crippen molar-refractivity contribution in [2.24, 2.45) is 0 Å². The number of fused-ring (bicyclic) bond motifs is 1. The Hall–Kier alpha value is -2.31. The lowest BCUT2D eigenvalue weighted by atomic mass is 10.0. The highest BCUT2D eigenvalue weighted by Crippen LogP contribution is 2.33. The maximum Gasteiger partial charge on any atom is 0.417 e. The standard InChI is InChI=1S/C12H8F3NO3/c1-5-2-6(12(13,14)15)10-7(3-5)16-9(18)4-8(17)11(10)19/h2-4H,1H3,(H,16,18)(H,17,19). The van der Waals surface area contributed by atoms with Crippen LogP contribution in [0.4, 0.5) is 13.2 Å². The smallest absolute Gasteiger partial charge is 0.417 e. The van der Waals surface area contributed by atoms with Crippen molar-refractivity contribution in [3.63, 3.8) is 0 Å². The van der Waals surface area contributed by atoms with Crippen LogP contribution in [0.5, 0.6) is 5.75 Å². The molecule has 0 aliphatic heterocycles. The van der Waals surface area contributed by atoms with E-state index in [1.165, 1.54) is 13.0 Å². The van der Waals surface area contributed by atoms with E-state index in [1.54, 1.807) is 0 Å². The summed E-state index contributed by atoms with van der Waals surface area (Å²) in [6, 6.07) is 2.59. The van der Waals surface area contributed by atoms with Crippen LogP contribution in [0.1, 0.15) is 11.1 Å². The molecule has 2 N–H and O–H groups in total. The number of H-pyrrole nitrogens is 1. The highest BCUT2D eigenvalue weighted by atomic mass is 19.4. The Bertz CT molecular complexity index is 778. The van der Waals surface area contributed by atoms with Crippen molar-refractivity contribution in [1.29, 1.82) is 0 Å². The van der Waals surface area contributed by atoms with Crippen LogP contribution in [0.2, 0.25) is 0 Å². The van der Waals surface area contributed by atoms with Gasteiger partial charge >= 0.3 is 6.18 Å². The molecule has 0 atom stereocenters. The first kappa shape index (κ1) is 13.1. The minimum absolute atomic E-state index is 0.237. The third-order valence-corrected chi connectivity index (χ3v) is 2.57. The van der Waals surface area contributed by atoms with Crippen molar-refractivity contribution < 1.29 is 18.3 Å².